The Balaban J connectivity index is 1.61. The molecule has 8 nitrogen and oxygen atoms in total. The molecule has 4 rings (SSSR count). The molecule has 2 aromatic heterocycles. The first-order valence-corrected chi connectivity index (χ1v) is 9.44. The second-order valence-electron chi connectivity index (χ2n) is 6.49. The average Bonchev–Trinajstić information content (AvgIpc) is 3.53. The lowest BCUT2D eigenvalue weighted by atomic mass is 10.2. The lowest BCUT2D eigenvalue weighted by molar-refractivity contribution is 0.0990. The molecule has 0 saturated carbocycles. The summed E-state index contributed by atoms with van der Waals surface area (Å²) in [6.45, 7) is 0. The van der Waals surface area contributed by atoms with E-state index >= 15 is 0 Å². The van der Waals surface area contributed by atoms with Gasteiger partial charge in [-0.1, -0.05) is 5.92 Å². The van der Waals surface area contributed by atoms with E-state index in [2.05, 4.69) is 26.8 Å². The molecule has 0 fully saturated rings. The number of benzene rings is 2. The van der Waals surface area contributed by atoms with Crippen molar-refractivity contribution in [2.75, 3.05) is 10.6 Å². The first-order chi connectivity index (χ1) is 15.6. The molecule has 8 heteroatoms. The quantitative estimate of drug-likeness (QED) is 0.302. The van der Waals surface area contributed by atoms with Crippen LogP contribution >= 0.6 is 0 Å². The Morgan fingerprint density at radius 2 is 1.47 bits per heavy atom. The zero-order valence-electron chi connectivity index (χ0n) is 16.6. The van der Waals surface area contributed by atoms with Crippen LogP contribution in [0.5, 0.6) is 0 Å². The first kappa shape index (κ1) is 20.4. The Hall–Kier alpha value is -4.90. The van der Waals surface area contributed by atoms with Crippen molar-refractivity contribution >= 4 is 34.6 Å². The summed E-state index contributed by atoms with van der Waals surface area (Å²) in [5.41, 5.74) is 2.45. The zero-order valence-corrected chi connectivity index (χ0v) is 16.6. The van der Waals surface area contributed by atoms with Crippen molar-refractivity contribution in [3.63, 3.8) is 0 Å². The summed E-state index contributed by atoms with van der Waals surface area (Å²) < 4.78 is 10.2. The van der Waals surface area contributed by atoms with E-state index in [0.717, 1.165) is 5.56 Å². The fourth-order valence-electron chi connectivity index (χ4n) is 2.73. The van der Waals surface area contributed by atoms with Crippen molar-refractivity contribution in [3.8, 4) is 12.3 Å². The van der Waals surface area contributed by atoms with Gasteiger partial charge < -0.3 is 19.5 Å². The van der Waals surface area contributed by atoms with Crippen LogP contribution in [0, 0.1) is 12.3 Å². The van der Waals surface area contributed by atoms with Gasteiger partial charge in [-0.05, 0) is 66.7 Å². The molecule has 2 heterocycles. The summed E-state index contributed by atoms with van der Waals surface area (Å²) in [4.78, 5) is 24.8. The summed E-state index contributed by atoms with van der Waals surface area (Å²) in [5, 5.41) is 13.9. The summed E-state index contributed by atoms with van der Waals surface area (Å²) in [5.74, 6) is 1.92. The molecule has 2 amide bonds. The summed E-state index contributed by atoms with van der Waals surface area (Å²) in [6, 6.07) is 18.1. The van der Waals surface area contributed by atoms with Crippen molar-refractivity contribution in [2.45, 2.75) is 0 Å². The van der Waals surface area contributed by atoms with E-state index in [1.54, 1.807) is 60.7 Å². The van der Waals surface area contributed by atoms with E-state index < -0.39 is 11.8 Å². The maximum absolute atomic E-state index is 12.5. The van der Waals surface area contributed by atoms with Gasteiger partial charge in [-0.2, -0.15) is 5.11 Å². The lowest BCUT2D eigenvalue weighted by Gasteiger charge is -2.10. The highest BCUT2D eigenvalue weighted by molar-refractivity contribution is 6.06. The third-order valence-corrected chi connectivity index (χ3v) is 4.30. The Morgan fingerprint density at radius 3 is 2.06 bits per heavy atom. The van der Waals surface area contributed by atoms with E-state index in [0.29, 0.717) is 22.7 Å². The normalized spacial score (nSPS) is 10.6. The topological polar surface area (TPSA) is 109 Å². The molecule has 32 heavy (non-hydrogen) atoms. The predicted molar refractivity (Wildman–Crippen MR) is 118 cm³/mol. The predicted octanol–water partition coefficient (Wildman–Crippen LogP) is 5.77. The molecule has 0 atom stereocenters. The molecule has 0 unspecified atom stereocenters. The van der Waals surface area contributed by atoms with Crippen molar-refractivity contribution < 1.29 is 18.4 Å². The number of anilines is 2. The summed E-state index contributed by atoms with van der Waals surface area (Å²) >= 11 is 0. The van der Waals surface area contributed by atoms with Gasteiger partial charge >= 0.3 is 0 Å². The molecule has 0 bridgehead atoms. The van der Waals surface area contributed by atoms with E-state index in [1.165, 1.54) is 18.6 Å². The van der Waals surface area contributed by atoms with Gasteiger partial charge in [0, 0.05) is 11.3 Å². The number of azo groups is 1. The smallest absolute Gasteiger partial charge is 0.291 e. The molecule has 2 N–H and O–H groups in total. The van der Waals surface area contributed by atoms with Gasteiger partial charge in [0.1, 0.15) is 5.69 Å². The van der Waals surface area contributed by atoms with Crippen LogP contribution in [0.3, 0.4) is 0 Å². The van der Waals surface area contributed by atoms with Crippen LogP contribution < -0.4 is 10.6 Å². The van der Waals surface area contributed by atoms with Gasteiger partial charge in [0.05, 0.1) is 23.9 Å². The number of rotatable bonds is 6. The molecule has 0 aliphatic rings. The average molecular weight is 424 g/mol. The van der Waals surface area contributed by atoms with Crippen molar-refractivity contribution in [1.29, 1.82) is 0 Å². The van der Waals surface area contributed by atoms with Gasteiger partial charge in [0.2, 0.25) is 0 Å². The van der Waals surface area contributed by atoms with Crippen molar-refractivity contribution in [1.82, 2.24) is 0 Å². The highest BCUT2D eigenvalue weighted by atomic mass is 16.3. The molecule has 0 saturated heterocycles. The summed E-state index contributed by atoms with van der Waals surface area (Å²) in [7, 11) is 0. The van der Waals surface area contributed by atoms with E-state index in [-0.39, 0.29) is 11.5 Å². The highest BCUT2D eigenvalue weighted by Gasteiger charge is 2.14. The van der Waals surface area contributed by atoms with E-state index in [1.807, 2.05) is 0 Å². The number of nitrogens with zero attached hydrogens (tertiary/aromatic N) is 2. The maximum atomic E-state index is 12.5. The largest absolute Gasteiger partial charge is 0.459 e. The summed E-state index contributed by atoms with van der Waals surface area (Å²) in [6.07, 6.45) is 8.17. The highest BCUT2D eigenvalue weighted by Crippen LogP contribution is 2.31. The number of nitrogens with one attached hydrogen (secondary N) is 2. The zero-order chi connectivity index (χ0) is 22.3. The van der Waals surface area contributed by atoms with Crippen LogP contribution in [-0.4, -0.2) is 11.8 Å². The number of carbonyl (C=O) groups is 2. The Morgan fingerprint density at radius 1 is 0.812 bits per heavy atom. The Bertz CT molecular complexity index is 1300. The third kappa shape index (κ3) is 4.80. The van der Waals surface area contributed by atoms with Gasteiger partial charge in [-0.15, -0.1) is 11.5 Å². The number of hydrogen-bond acceptors (Lipinski definition) is 6. The van der Waals surface area contributed by atoms with E-state index in [9.17, 15) is 9.59 Å². The molecule has 0 aliphatic carbocycles. The standard InChI is InChI=1S/C24H16N4O4/c1-2-16-7-9-17(10-8-16)27-28-19-12-11-18(25-23(29)21-5-3-13-31-21)15-20(19)26-24(30)22-6-4-14-32-22/h1,3-15H,(H,25,29)(H,26,30). The van der Waals surface area contributed by atoms with Crippen LogP contribution in [0.1, 0.15) is 26.7 Å². The minimum absolute atomic E-state index is 0.128. The minimum Gasteiger partial charge on any atom is -0.459 e. The molecule has 156 valence electrons. The molecular weight excluding hydrogens is 408 g/mol. The fraction of sp³-hybridized carbons (Fsp3) is 0. The second-order valence-corrected chi connectivity index (χ2v) is 6.49. The number of hydrogen-bond donors (Lipinski definition) is 2. The van der Waals surface area contributed by atoms with Gasteiger partial charge in [0.15, 0.2) is 11.5 Å². The monoisotopic (exact) mass is 424 g/mol. The van der Waals surface area contributed by atoms with Gasteiger partial charge in [-0.3, -0.25) is 9.59 Å². The van der Waals surface area contributed by atoms with Gasteiger partial charge in [0.25, 0.3) is 11.8 Å². The second kappa shape index (κ2) is 9.28. The molecular formula is C24H16N4O4. The Kier molecular flexibility index (Phi) is 5.91. The van der Waals surface area contributed by atoms with Crippen molar-refractivity contribution in [3.05, 3.63) is 96.3 Å². The number of carbonyl (C=O) groups excluding carboxylic acids is 2. The molecule has 0 radical (unpaired) electrons. The lowest BCUT2D eigenvalue weighted by Crippen LogP contribution is -2.13. The van der Waals surface area contributed by atoms with Crippen LogP contribution in [0.15, 0.2) is 98.3 Å². The number of amides is 2. The molecule has 4 aromatic rings. The van der Waals surface area contributed by atoms with Crippen LogP contribution in [0.2, 0.25) is 0 Å². The van der Waals surface area contributed by atoms with Crippen molar-refractivity contribution in [2.24, 2.45) is 10.2 Å². The molecule has 2 aromatic carbocycles. The van der Waals surface area contributed by atoms with Crippen LogP contribution in [0.25, 0.3) is 0 Å². The maximum Gasteiger partial charge on any atom is 0.291 e. The Labute approximate surface area is 183 Å². The van der Waals surface area contributed by atoms with E-state index in [4.69, 9.17) is 15.3 Å². The number of furan rings is 2. The first-order valence-electron chi connectivity index (χ1n) is 9.44. The van der Waals surface area contributed by atoms with Crippen LogP contribution in [-0.2, 0) is 0 Å². The SMILES string of the molecule is C#Cc1ccc(N=Nc2ccc(NC(=O)c3ccco3)cc2NC(=O)c2ccco2)cc1. The fourth-order valence-corrected chi connectivity index (χ4v) is 2.73. The number of terminal acetylenes is 1. The molecule has 0 spiro atoms. The third-order valence-electron chi connectivity index (χ3n) is 4.30. The van der Waals surface area contributed by atoms with Crippen LogP contribution in [0.4, 0.5) is 22.7 Å². The minimum atomic E-state index is -0.473. The van der Waals surface area contributed by atoms with Gasteiger partial charge in [-0.25, -0.2) is 0 Å². The molecule has 0 aliphatic heterocycles.